The summed E-state index contributed by atoms with van der Waals surface area (Å²) in [6, 6.07) is 38.0. The van der Waals surface area contributed by atoms with Crippen LogP contribution in [0, 0.1) is 0 Å². The largest absolute Gasteiger partial charge is 0.300 e. The van der Waals surface area contributed by atoms with Crippen molar-refractivity contribution in [1.29, 1.82) is 0 Å². The molecule has 0 saturated carbocycles. The Balaban J connectivity index is 1.36. The molecule has 0 radical (unpaired) electrons. The number of nitrogens with zero attached hydrogens (tertiary/aromatic N) is 4. The average molecular weight is 531 g/mol. The van der Waals surface area contributed by atoms with E-state index in [1.807, 2.05) is 36.4 Å². The summed E-state index contributed by atoms with van der Waals surface area (Å²) < 4.78 is 0. The van der Waals surface area contributed by atoms with Gasteiger partial charge in [-0.1, -0.05) is 117 Å². The molecule has 4 nitrogen and oxygen atoms in total. The molecule has 0 fully saturated rings. The summed E-state index contributed by atoms with van der Waals surface area (Å²) in [5.41, 5.74) is 10.9. The Hall–Kier alpha value is -4.83. The molecule has 0 amide bonds. The highest BCUT2D eigenvalue weighted by molar-refractivity contribution is 6.03. The Bertz CT molecular complexity index is 1840. The van der Waals surface area contributed by atoms with Crippen molar-refractivity contribution in [3.05, 3.63) is 138 Å². The summed E-state index contributed by atoms with van der Waals surface area (Å²) in [5.74, 6) is 2.03. The lowest BCUT2D eigenvalue weighted by atomic mass is 9.71. The molecule has 41 heavy (non-hydrogen) atoms. The van der Waals surface area contributed by atoms with Gasteiger partial charge >= 0.3 is 0 Å². The zero-order chi connectivity index (χ0) is 27.8. The van der Waals surface area contributed by atoms with Gasteiger partial charge in [0.1, 0.15) is 0 Å². The second kappa shape index (κ2) is 8.58. The predicted molar refractivity (Wildman–Crippen MR) is 167 cm³/mol. The molecule has 0 N–H and O–H groups in total. The van der Waals surface area contributed by atoms with Crippen LogP contribution < -0.4 is 4.90 Å². The van der Waals surface area contributed by atoms with Crippen LogP contribution in [0.5, 0.6) is 0 Å². The summed E-state index contributed by atoms with van der Waals surface area (Å²) in [7, 11) is 0. The lowest BCUT2D eigenvalue weighted by molar-refractivity contribution is 0.517. The number of aromatic nitrogens is 3. The molecule has 2 aliphatic carbocycles. The first-order valence-corrected chi connectivity index (χ1v) is 14.3. The van der Waals surface area contributed by atoms with Crippen molar-refractivity contribution in [3.8, 4) is 22.8 Å². The highest BCUT2D eigenvalue weighted by atomic mass is 15.3. The number of rotatable bonds is 3. The lowest BCUT2D eigenvalue weighted by Crippen LogP contribution is -2.44. The molecule has 198 valence electrons. The van der Waals surface area contributed by atoms with Crippen LogP contribution in [0.1, 0.15) is 43.9 Å². The van der Waals surface area contributed by atoms with Crippen molar-refractivity contribution >= 4 is 22.8 Å². The molecule has 0 spiro atoms. The van der Waals surface area contributed by atoms with E-state index in [2.05, 4.69) is 105 Å². The van der Waals surface area contributed by atoms with Gasteiger partial charge in [-0.3, -0.25) is 4.90 Å². The third-order valence-corrected chi connectivity index (χ3v) is 9.18. The number of benzene rings is 4. The molecule has 8 rings (SSSR count). The van der Waals surface area contributed by atoms with E-state index in [0.29, 0.717) is 17.6 Å². The fraction of sp³-hybridized carbons (Fsp3) is 0.162. The molecule has 1 atom stereocenters. The second-order valence-corrected chi connectivity index (χ2v) is 11.9. The van der Waals surface area contributed by atoms with Gasteiger partial charge in [-0.2, -0.15) is 9.97 Å². The maximum atomic E-state index is 5.17. The number of hydrogen-bond donors (Lipinski definition) is 0. The lowest BCUT2D eigenvalue weighted by Gasteiger charge is -2.41. The Morgan fingerprint density at radius 2 is 1.17 bits per heavy atom. The fourth-order valence-corrected chi connectivity index (χ4v) is 7.10. The van der Waals surface area contributed by atoms with Gasteiger partial charge in [-0.25, -0.2) is 4.98 Å². The molecule has 4 aromatic carbocycles. The predicted octanol–water partition coefficient (Wildman–Crippen LogP) is 8.65. The minimum Gasteiger partial charge on any atom is -0.300 e. The van der Waals surface area contributed by atoms with Crippen LogP contribution in [-0.4, -0.2) is 20.5 Å². The van der Waals surface area contributed by atoms with E-state index < -0.39 is 0 Å². The first-order valence-electron chi connectivity index (χ1n) is 14.3. The highest BCUT2D eigenvalue weighted by Gasteiger charge is 2.52. The van der Waals surface area contributed by atoms with Crippen LogP contribution in [-0.2, 0) is 5.41 Å². The third kappa shape index (κ3) is 3.43. The summed E-state index contributed by atoms with van der Waals surface area (Å²) in [4.78, 5) is 17.7. The quantitative estimate of drug-likeness (QED) is 0.234. The van der Waals surface area contributed by atoms with Crippen LogP contribution in [0.4, 0.5) is 11.6 Å². The molecule has 0 saturated heterocycles. The molecule has 3 aliphatic rings. The Kier molecular flexibility index (Phi) is 5.03. The normalized spacial score (nSPS) is 19.8. The van der Waals surface area contributed by atoms with E-state index in [4.69, 9.17) is 15.0 Å². The summed E-state index contributed by atoms with van der Waals surface area (Å²) in [6.07, 6.45) is 3.33. The molecule has 4 heteroatoms. The van der Waals surface area contributed by atoms with Crippen LogP contribution >= 0.6 is 0 Å². The summed E-state index contributed by atoms with van der Waals surface area (Å²) in [5, 5.41) is 0. The number of allylic oxidation sites excluding steroid dienone is 2. The Labute approximate surface area is 240 Å². The standard InChI is InChI=1S/C37H30N4/c1-36(2)29-20-12-10-18-26(29)28-22-30-27-19-11-13-21-32(27)41(37(30,3)23-31(28)36)35-39-33(24-14-6-4-7-15-24)38-34(40-35)25-16-8-5-9-17-25/h4-22H,23H2,1-3H3. The number of para-hydroxylation sites is 1. The van der Waals surface area contributed by atoms with Gasteiger partial charge in [0.15, 0.2) is 11.6 Å². The van der Waals surface area contributed by atoms with Gasteiger partial charge in [0.25, 0.3) is 0 Å². The van der Waals surface area contributed by atoms with E-state index in [1.165, 1.54) is 33.4 Å². The minimum atomic E-state index is -0.356. The van der Waals surface area contributed by atoms with Crippen LogP contribution in [0.15, 0.2) is 121 Å². The first-order chi connectivity index (χ1) is 19.9. The maximum Gasteiger partial charge on any atom is 0.234 e. The maximum absolute atomic E-state index is 5.17. The first kappa shape index (κ1) is 24.0. The number of anilines is 2. The van der Waals surface area contributed by atoms with E-state index >= 15 is 0 Å². The van der Waals surface area contributed by atoms with Crippen LogP contribution in [0.3, 0.4) is 0 Å². The minimum absolute atomic E-state index is 0.0547. The van der Waals surface area contributed by atoms with Crippen molar-refractivity contribution in [3.63, 3.8) is 0 Å². The molecular weight excluding hydrogens is 500 g/mol. The topological polar surface area (TPSA) is 41.9 Å². The van der Waals surface area contributed by atoms with Crippen molar-refractivity contribution in [2.24, 2.45) is 0 Å². The molecule has 1 aromatic heterocycles. The third-order valence-electron chi connectivity index (χ3n) is 9.18. The van der Waals surface area contributed by atoms with Crippen molar-refractivity contribution in [2.75, 3.05) is 4.90 Å². The highest BCUT2D eigenvalue weighted by Crippen LogP contribution is 2.61. The van der Waals surface area contributed by atoms with Gasteiger partial charge in [0, 0.05) is 22.1 Å². The summed E-state index contributed by atoms with van der Waals surface area (Å²) in [6.45, 7) is 7.09. The molecule has 5 aromatic rings. The van der Waals surface area contributed by atoms with E-state index in [9.17, 15) is 0 Å². The smallest absolute Gasteiger partial charge is 0.234 e. The van der Waals surface area contributed by atoms with Crippen molar-refractivity contribution in [1.82, 2.24) is 15.0 Å². The van der Waals surface area contributed by atoms with Crippen molar-refractivity contribution in [2.45, 2.75) is 38.1 Å². The average Bonchev–Trinajstić information content (AvgIpc) is 3.40. The fourth-order valence-electron chi connectivity index (χ4n) is 7.10. The van der Waals surface area contributed by atoms with Gasteiger partial charge in [-0.15, -0.1) is 0 Å². The molecule has 1 unspecified atom stereocenters. The van der Waals surface area contributed by atoms with E-state index in [0.717, 1.165) is 23.2 Å². The molecule has 1 aliphatic heterocycles. The van der Waals surface area contributed by atoms with Gasteiger partial charge in [-0.05, 0) is 53.3 Å². The van der Waals surface area contributed by atoms with E-state index in [-0.39, 0.29) is 11.0 Å². The van der Waals surface area contributed by atoms with Crippen LogP contribution in [0.25, 0.3) is 33.9 Å². The van der Waals surface area contributed by atoms with Gasteiger partial charge < -0.3 is 0 Å². The zero-order valence-electron chi connectivity index (χ0n) is 23.5. The zero-order valence-corrected chi connectivity index (χ0v) is 23.5. The monoisotopic (exact) mass is 530 g/mol. The van der Waals surface area contributed by atoms with Gasteiger partial charge in [0.05, 0.1) is 11.2 Å². The molecular formula is C37H30N4. The number of fused-ring (bicyclic) bond motifs is 5. The van der Waals surface area contributed by atoms with Crippen LogP contribution in [0.2, 0.25) is 0 Å². The number of hydrogen-bond acceptors (Lipinski definition) is 4. The van der Waals surface area contributed by atoms with Gasteiger partial charge in [0.2, 0.25) is 5.95 Å². The SMILES string of the molecule is CC1(C)C2=C(C=C3c4ccccc4N(c4nc(-c5ccccc5)nc(-c5ccccc5)n4)C3(C)C2)c2ccccc21. The van der Waals surface area contributed by atoms with Crippen molar-refractivity contribution < 1.29 is 0 Å². The Morgan fingerprint density at radius 1 is 0.610 bits per heavy atom. The second-order valence-electron chi connectivity index (χ2n) is 11.9. The molecule has 0 bridgehead atoms. The summed E-state index contributed by atoms with van der Waals surface area (Å²) >= 11 is 0. The Morgan fingerprint density at radius 3 is 1.83 bits per heavy atom. The van der Waals surface area contributed by atoms with E-state index in [1.54, 1.807) is 0 Å². The molecule has 2 heterocycles.